The average molecular weight is 282 g/mol. The Kier molecular flexibility index (Phi) is 3.28. The lowest BCUT2D eigenvalue weighted by Gasteiger charge is -2.07. The van der Waals surface area contributed by atoms with Crippen LogP contribution < -0.4 is 5.73 Å². The molecule has 0 aliphatic rings. The summed E-state index contributed by atoms with van der Waals surface area (Å²) >= 11 is 1.51. The molecule has 0 aliphatic heterocycles. The molecule has 0 aliphatic carbocycles. The van der Waals surface area contributed by atoms with Crippen molar-refractivity contribution in [3.63, 3.8) is 0 Å². The summed E-state index contributed by atoms with van der Waals surface area (Å²) in [4.78, 5) is 14.3. The van der Waals surface area contributed by atoms with Crippen LogP contribution in [0.4, 0.5) is 5.69 Å². The predicted molar refractivity (Wildman–Crippen MR) is 81.8 cm³/mol. The summed E-state index contributed by atoms with van der Waals surface area (Å²) in [5.41, 5.74) is 9.54. The highest BCUT2D eigenvalue weighted by Gasteiger charge is 2.09. The second-order valence-electron chi connectivity index (χ2n) is 4.59. The van der Waals surface area contributed by atoms with Gasteiger partial charge in [-0.3, -0.25) is 4.98 Å². The maximum Gasteiger partial charge on any atom is 0.192 e. The van der Waals surface area contributed by atoms with Gasteiger partial charge in [0.05, 0.1) is 5.52 Å². The maximum atomic E-state index is 5.99. The van der Waals surface area contributed by atoms with E-state index in [4.69, 9.17) is 5.73 Å². The predicted octanol–water partition coefficient (Wildman–Crippen LogP) is 3.38. The number of benzene rings is 1. The molecule has 1 aromatic carbocycles. The maximum absolute atomic E-state index is 5.99. The van der Waals surface area contributed by atoms with Crippen molar-refractivity contribution in [1.29, 1.82) is 0 Å². The van der Waals surface area contributed by atoms with E-state index in [1.807, 2.05) is 44.2 Å². The van der Waals surface area contributed by atoms with Crippen molar-refractivity contribution in [2.45, 2.75) is 23.9 Å². The molecule has 0 atom stereocenters. The molecule has 0 saturated heterocycles. The second-order valence-corrected chi connectivity index (χ2v) is 5.60. The van der Waals surface area contributed by atoms with Gasteiger partial charge in [0, 0.05) is 33.6 Å². The van der Waals surface area contributed by atoms with E-state index in [2.05, 4.69) is 15.0 Å². The summed E-state index contributed by atoms with van der Waals surface area (Å²) in [6.45, 7) is 3.94. The molecule has 3 aromatic rings. The number of anilines is 1. The Hall–Kier alpha value is -2.14. The number of nitrogens with two attached hydrogens (primary N) is 1. The van der Waals surface area contributed by atoms with E-state index in [1.165, 1.54) is 11.8 Å². The minimum atomic E-state index is 0.735. The first-order chi connectivity index (χ1) is 9.63. The fourth-order valence-corrected chi connectivity index (χ4v) is 3.06. The van der Waals surface area contributed by atoms with Gasteiger partial charge in [0.15, 0.2) is 5.16 Å². The van der Waals surface area contributed by atoms with Gasteiger partial charge in [-0.2, -0.15) is 0 Å². The molecular weight excluding hydrogens is 268 g/mol. The van der Waals surface area contributed by atoms with Crippen LogP contribution in [0.15, 0.2) is 46.6 Å². The summed E-state index contributed by atoms with van der Waals surface area (Å²) < 4.78 is 0. The van der Waals surface area contributed by atoms with Gasteiger partial charge in [-0.05, 0) is 55.9 Å². The average Bonchev–Trinajstić information content (AvgIpc) is 2.41. The molecule has 0 radical (unpaired) electrons. The van der Waals surface area contributed by atoms with Gasteiger partial charge < -0.3 is 5.73 Å². The van der Waals surface area contributed by atoms with Gasteiger partial charge in [0.2, 0.25) is 0 Å². The highest BCUT2D eigenvalue weighted by Crippen LogP contribution is 2.33. The third-order valence-corrected chi connectivity index (χ3v) is 3.84. The standard InChI is InChI=1S/C15H14N4S/c1-9-8-10(2)19-15(18-9)20-13-6-5-12(16)11-4-3-7-17-14(11)13/h3-8H,16H2,1-2H3. The van der Waals surface area contributed by atoms with Gasteiger partial charge in [0.1, 0.15) is 0 Å². The molecule has 2 heterocycles. The fourth-order valence-electron chi connectivity index (χ4n) is 2.09. The van der Waals surface area contributed by atoms with Crippen LogP contribution in [-0.4, -0.2) is 15.0 Å². The van der Waals surface area contributed by atoms with Crippen LogP contribution in [0.5, 0.6) is 0 Å². The van der Waals surface area contributed by atoms with Crippen LogP contribution in [0.25, 0.3) is 10.9 Å². The number of nitrogen functional groups attached to an aromatic ring is 1. The number of pyridine rings is 1. The highest BCUT2D eigenvalue weighted by molar-refractivity contribution is 7.99. The first kappa shape index (κ1) is 12.9. The van der Waals surface area contributed by atoms with Gasteiger partial charge >= 0.3 is 0 Å². The second kappa shape index (κ2) is 5.09. The van der Waals surface area contributed by atoms with Crippen molar-refractivity contribution in [2.75, 3.05) is 5.73 Å². The van der Waals surface area contributed by atoms with Crippen LogP contribution >= 0.6 is 11.8 Å². The number of fused-ring (bicyclic) bond motifs is 1. The minimum absolute atomic E-state index is 0.735. The van der Waals surface area contributed by atoms with Crippen LogP contribution in [0.3, 0.4) is 0 Å². The first-order valence-electron chi connectivity index (χ1n) is 6.27. The number of hydrogen-bond donors (Lipinski definition) is 1. The zero-order valence-corrected chi connectivity index (χ0v) is 12.1. The Bertz CT molecular complexity index is 766. The Balaban J connectivity index is 2.09. The largest absolute Gasteiger partial charge is 0.398 e. The lowest BCUT2D eigenvalue weighted by atomic mass is 10.2. The summed E-state index contributed by atoms with van der Waals surface area (Å²) in [5, 5.41) is 1.70. The molecule has 0 amide bonds. The van der Waals surface area contributed by atoms with Crippen molar-refractivity contribution in [3.8, 4) is 0 Å². The molecule has 4 nitrogen and oxygen atoms in total. The number of nitrogens with zero attached hydrogens (tertiary/aromatic N) is 3. The number of rotatable bonds is 2. The molecule has 0 unspecified atom stereocenters. The molecule has 0 bridgehead atoms. The third kappa shape index (κ3) is 2.44. The summed E-state index contributed by atoms with van der Waals surface area (Å²) in [5.74, 6) is 0. The van der Waals surface area contributed by atoms with Crippen LogP contribution in [0, 0.1) is 13.8 Å². The fraction of sp³-hybridized carbons (Fsp3) is 0.133. The van der Waals surface area contributed by atoms with Gasteiger partial charge in [0.25, 0.3) is 0 Å². The molecule has 2 N–H and O–H groups in total. The number of hydrogen-bond acceptors (Lipinski definition) is 5. The molecule has 5 heteroatoms. The Morgan fingerprint density at radius 3 is 2.55 bits per heavy atom. The Labute approximate surface area is 121 Å². The zero-order chi connectivity index (χ0) is 14.1. The highest BCUT2D eigenvalue weighted by atomic mass is 32.2. The monoisotopic (exact) mass is 282 g/mol. The van der Waals surface area contributed by atoms with Crippen LogP contribution in [-0.2, 0) is 0 Å². The quantitative estimate of drug-likeness (QED) is 0.576. The van der Waals surface area contributed by atoms with E-state index >= 15 is 0 Å². The molecular formula is C15H14N4S. The van der Waals surface area contributed by atoms with Crippen molar-refractivity contribution < 1.29 is 0 Å². The molecule has 20 heavy (non-hydrogen) atoms. The minimum Gasteiger partial charge on any atom is -0.398 e. The molecule has 0 saturated carbocycles. The van der Waals surface area contributed by atoms with Gasteiger partial charge in [-0.1, -0.05) is 0 Å². The van der Waals surface area contributed by atoms with Crippen LogP contribution in [0.2, 0.25) is 0 Å². The molecule has 100 valence electrons. The lowest BCUT2D eigenvalue weighted by molar-refractivity contribution is 0.902. The SMILES string of the molecule is Cc1cc(C)nc(Sc2ccc(N)c3cccnc23)n1. The molecule has 2 aromatic heterocycles. The molecule has 0 spiro atoms. The van der Waals surface area contributed by atoms with Gasteiger partial charge in [-0.25, -0.2) is 9.97 Å². The van der Waals surface area contributed by atoms with E-state index in [9.17, 15) is 0 Å². The zero-order valence-electron chi connectivity index (χ0n) is 11.3. The Morgan fingerprint density at radius 2 is 1.80 bits per heavy atom. The van der Waals surface area contributed by atoms with Crippen molar-refractivity contribution in [3.05, 3.63) is 47.9 Å². The summed E-state index contributed by atoms with van der Waals surface area (Å²) in [6.07, 6.45) is 1.77. The van der Waals surface area contributed by atoms with E-state index in [0.717, 1.165) is 38.0 Å². The summed E-state index contributed by atoms with van der Waals surface area (Å²) in [6, 6.07) is 9.69. The van der Waals surface area contributed by atoms with Crippen LogP contribution in [0.1, 0.15) is 11.4 Å². The third-order valence-electron chi connectivity index (χ3n) is 2.93. The summed E-state index contributed by atoms with van der Waals surface area (Å²) in [7, 11) is 0. The first-order valence-corrected chi connectivity index (χ1v) is 7.08. The molecule has 3 rings (SSSR count). The van der Waals surface area contributed by atoms with Gasteiger partial charge in [-0.15, -0.1) is 0 Å². The van der Waals surface area contributed by atoms with E-state index in [-0.39, 0.29) is 0 Å². The van der Waals surface area contributed by atoms with E-state index < -0.39 is 0 Å². The normalized spacial score (nSPS) is 10.9. The van der Waals surface area contributed by atoms with E-state index in [0.29, 0.717) is 0 Å². The Morgan fingerprint density at radius 1 is 1.05 bits per heavy atom. The topological polar surface area (TPSA) is 64.7 Å². The van der Waals surface area contributed by atoms with Crippen molar-refractivity contribution in [2.24, 2.45) is 0 Å². The number of aromatic nitrogens is 3. The van der Waals surface area contributed by atoms with Crippen molar-refractivity contribution in [1.82, 2.24) is 15.0 Å². The van der Waals surface area contributed by atoms with Crippen molar-refractivity contribution >= 4 is 28.4 Å². The number of aryl methyl sites for hydroxylation is 2. The lowest BCUT2D eigenvalue weighted by Crippen LogP contribution is -1.94. The smallest absolute Gasteiger partial charge is 0.192 e. The van der Waals surface area contributed by atoms with E-state index in [1.54, 1.807) is 6.20 Å². The molecule has 0 fully saturated rings.